The number of halogens is 3. The van der Waals surface area contributed by atoms with E-state index in [1.54, 1.807) is 0 Å². The maximum atomic E-state index is 12.2. The zero-order valence-corrected chi connectivity index (χ0v) is 10.2. The molecule has 0 amide bonds. The van der Waals surface area contributed by atoms with Crippen molar-refractivity contribution in [3.05, 3.63) is 18.2 Å². The van der Waals surface area contributed by atoms with Crippen LogP contribution in [-0.4, -0.2) is 22.5 Å². The topological polar surface area (TPSA) is 123 Å². The van der Waals surface area contributed by atoms with E-state index in [1.807, 2.05) is 0 Å². The van der Waals surface area contributed by atoms with Crippen LogP contribution in [0.2, 0.25) is 0 Å². The first-order chi connectivity index (χ1) is 8.67. The Morgan fingerprint density at radius 3 is 2.37 bits per heavy atom. The van der Waals surface area contributed by atoms with Gasteiger partial charge < -0.3 is 22.3 Å². The summed E-state index contributed by atoms with van der Waals surface area (Å²) in [5.41, 5.74) is 10.8. The van der Waals surface area contributed by atoms with Gasteiger partial charge in [-0.1, -0.05) is 0 Å². The lowest BCUT2D eigenvalue weighted by Gasteiger charge is -2.07. The van der Waals surface area contributed by atoms with E-state index in [-0.39, 0.29) is 40.0 Å². The van der Waals surface area contributed by atoms with Crippen molar-refractivity contribution >= 4 is 29.4 Å². The Labute approximate surface area is 110 Å². The van der Waals surface area contributed by atoms with Crippen LogP contribution in [0.15, 0.2) is 33.1 Å². The monoisotopic (exact) mass is 293 g/mol. The van der Waals surface area contributed by atoms with Crippen LogP contribution < -0.4 is 17.2 Å². The van der Waals surface area contributed by atoms with Crippen molar-refractivity contribution in [1.29, 1.82) is 0 Å². The van der Waals surface area contributed by atoms with E-state index in [9.17, 15) is 18.3 Å². The number of aliphatic imine (C=N–C) groups is 2. The van der Waals surface area contributed by atoms with Crippen LogP contribution in [0.5, 0.6) is 5.75 Å². The molecule has 0 aliphatic rings. The Morgan fingerprint density at radius 1 is 1.21 bits per heavy atom. The minimum atomic E-state index is -4.44. The third kappa shape index (κ3) is 5.38. The number of nitrogens with zero attached hydrogens (tertiary/aromatic N) is 2. The molecule has 104 valence electrons. The molecule has 0 aliphatic heterocycles. The first-order valence-electron chi connectivity index (χ1n) is 4.70. The quantitative estimate of drug-likeness (QED) is 0.371. The highest BCUT2D eigenvalue weighted by Crippen LogP contribution is 2.40. The first-order valence-corrected chi connectivity index (χ1v) is 5.51. The molecule has 0 fully saturated rings. The van der Waals surface area contributed by atoms with Gasteiger partial charge in [-0.3, -0.25) is 0 Å². The van der Waals surface area contributed by atoms with Gasteiger partial charge in [-0.2, -0.15) is 18.2 Å². The Bertz CT molecular complexity index is 525. The summed E-state index contributed by atoms with van der Waals surface area (Å²) in [5, 5.41) is 9.45. The molecule has 19 heavy (non-hydrogen) atoms. The lowest BCUT2D eigenvalue weighted by atomic mass is 10.3. The van der Waals surface area contributed by atoms with Crippen molar-refractivity contribution in [3.63, 3.8) is 0 Å². The number of benzene rings is 1. The van der Waals surface area contributed by atoms with Crippen molar-refractivity contribution in [2.75, 3.05) is 0 Å². The van der Waals surface area contributed by atoms with Gasteiger partial charge in [0, 0.05) is 4.90 Å². The number of phenolic OH excluding ortho intramolecular Hbond substituents is 1. The molecule has 0 saturated heterocycles. The van der Waals surface area contributed by atoms with Gasteiger partial charge in [0.2, 0.25) is 5.96 Å². The van der Waals surface area contributed by atoms with Crippen LogP contribution >= 0.6 is 11.8 Å². The summed E-state index contributed by atoms with van der Waals surface area (Å²) >= 11 is -0.342. The molecule has 7 N–H and O–H groups in total. The largest absolute Gasteiger partial charge is 0.506 e. The number of hydrogen-bond acceptors (Lipinski definition) is 3. The zero-order chi connectivity index (χ0) is 14.6. The fourth-order valence-corrected chi connectivity index (χ4v) is 1.64. The molecule has 0 atom stereocenters. The normalized spacial score (nSPS) is 12.3. The van der Waals surface area contributed by atoms with Gasteiger partial charge in [-0.15, -0.1) is 0 Å². The van der Waals surface area contributed by atoms with Crippen molar-refractivity contribution in [3.8, 4) is 5.75 Å². The molecule has 1 aromatic rings. The summed E-state index contributed by atoms with van der Waals surface area (Å²) in [6, 6.07) is 3.18. The predicted octanol–water partition coefficient (Wildman–Crippen LogP) is 1.22. The van der Waals surface area contributed by atoms with Gasteiger partial charge in [0.25, 0.3) is 0 Å². The second-order valence-electron chi connectivity index (χ2n) is 3.20. The number of thioether (sulfide) groups is 1. The molecule has 0 saturated carbocycles. The zero-order valence-electron chi connectivity index (χ0n) is 9.35. The maximum Gasteiger partial charge on any atom is 0.446 e. The average molecular weight is 293 g/mol. The van der Waals surface area contributed by atoms with Gasteiger partial charge in [-0.05, 0) is 30.0 Å². The fourth-order valence-electron chi connectivity index (χ4n) is 1.07. The molecule has 0 aliphatic carbocycles. The van der Waals surface area contributed by atoms with E-state index in [0.717, 1.165) is 18.2 Å². The highest BCUT2D eigenvalue weighted by molar-refractivity contribution is 8.00. The van der Waals surface area contributed by atoms with Crippen LogP contribution in [0.4, 0.5) is 18.9 Å². The highest BCUT2D eigenvalue weighted by Gasteiger charge is 2.29. The molecule has 0 spiro atoms. The van der Waals surface area contributed by atoms with Gasteiger partial charge in [-0.25, -0.2) is 4.99 Å². The molecular weight excluding hydrogens is 283 g/mol. The molecule has 1 aromatic carbocycles. The third-order valence-electron chi connectivity index (χ3n) is 1.66. The molecule has 0 unspecified atom stereocenters. The van der Waals surface area contributed by atoms with Crippen LogP contribution in [0.25, 0.3) is 0 Å². The van der Waals surface area contributed by atoms with E-state index >= 15 is 0 Å². The predicted molar refractivity (Wildman–Crippen MR) is 67.1 cm³/mol. The molecule has 0 radical (unpaired) electrons. The molecule has 0 heterocycles. The number of hydrogen-bond donors (Lipinski definition) is 4. The van der Waals surface area contributed by atoms with Crippen molar-refractivity contribution in [2.24, 2.45) is 27.2 Å². The van der Waals surface area contributed by atoms with Gasteiger partial charge >= 0.3 is 5.51 Å². The summed E-state index contributed by atoms with van der Waals surface area (Å²) in [5.74, 6) is -1.09. The molecule has 10 heteroatoms. The lowest BCUT2D eigenvalue weighted by molar-refractivity contribution is -0.0328. The Hall–Kier alpha value is -2.10. The van der Waals surface area contributed by atoms with Crippen LogP contribution in [0, 0.1) is 0 Å². The standard InChI is InChI=1S/C9H10F3N5OS/c10-9(11,12)19-4-1-2-6(18)5(3-4)16-8(15)17-7(13)14/h1-3,18H,(H6,13,14,15,16,17). The summed E-state index contributed by atoms with van der Waals surface area (Å²) in [6.07, 6.45) is 0. The van der Waals surface area contributed by atoms with E-state index in [2.05, 4.69) is 9.98 Å². The number of nitrogens with two attached hydrogens (primary N) is 3. The summed E-state index contributed by atoms with van der Waals surface area (Å²) < 4.78 is 36.6. The fraction of sp³-hybridized carbons (Fsp3) is 0.111. The summed E-state index contributed by atoms with van der Waals surface area (Å²) in [7, 11) is 0. The van der Waals surface area contributed by atoms with Gasteiger partial charge in [0.15, 0.2) is 5.96 Å². The molecule has 1 rings (SSSR count). The molecule has 6 nitrogen and oxygen atoms in total. The maximum absolute atomic E-state index is 12.2. The molecule has 0 aromatic heterocycles. The molecule has 0 bridgehead atoms. The van der Waals surface area contributed by atoms with Crippen molar-refractivity contribution in [1.82, 2.24) is 0 Å². The van der Waals surface area contributed by atoms with E-state index < -0.39 is 5.51 Å². The summed E-state index contributed by atoms with van der Waals surface area (Å²) in [6.45, 7) is 0. The second-order valence-corrected chi connectivity index (χ2v) is 4.34. The average Bonchev–Trinajstić information content (AvgIpc) is 2.19. The smallest absolute Gasteiger partial charge is 0.446 e. The highest BCUT2D eigenvalue weighted by atomic mass is 32.2. The Kier molecular flexibility index (Phi) is 4.48. The van der Waals surface area contributed by atoms with Crippen molar-refractivity contribution in [2.45, 2.75) is 10.4 Å². The second kappa shape index (κ2) is 5.69. The number of aromatic hydroxyl groups is 1. The SMILES string of the molecule is NC(N)=NC(N)=Nc1cc(SC(F)(F)F)ccc1O. The van der Waals surface area contributed by atoms with Gasteiger partial charge in [0.1, 0.15) is 11.4 Å². The van der Waals surface area contributed by atoms with Crippen LogP contribution in [-0.2, 0) is 0 Å². The van der Waals surface area contributed by atoms with Gasteiger partial charge in [0.05, 0.1) is 0 Å². The van der Waals surface area contributed by atoms with Crippen molar-refractivity contribution < 1.29 is 18.3 Å². The number of phenols is 1. The lowest BCUT2D eigenvalue weighted by Crippen LogP contribution is -2.26. The number of rotatable bonds is 2. The van der Waals surface area contributed by atoms with E-state index in [1.165, 1.54) is 0 Å². The Morgan fingerprint density at radius 2 is 1.84 bits per heavy atom. The van der Waals surface area contributed by atoms with E-state index in [4.69, 9.17) is 17.2 Å². The third-order valence-corrected chi connectivity index (χ3v) is 2.38. The Balaban J connectivity index is 3.08. The molecular formula is C9H10F3N5OS. The first kappa shape index (κ1) is 15.0. The minimum Gasteiger partial charge on any atom is -0.506 e. The number of guanidine groups is 2. The van der Waals surface area contributed by atoms with E-state index in [0.29, 0.717) is 0 Å². The van der Waals surface area contributed by atoms with Crippen LogP contribution in [0.1, 0.15) is 0 Å². The summed E-state index contributed by atoms with van der Waals surface area (Å²) in [4.78, 5) is 6.83. The number of alkyl halides is 3. The van der Waals surface area contributed by atoms with Crippen LogP contribution in [0.3, 0.4) is 0 Å². The minimum absolute atomic E-state index is 0.151.